The predicted octanol–water partition coefficient (Wildman–Crippen LogP) is 5.59. The van der Waals surface area contributed by atoms with Crippen LogP contribution in [0.15, 0.2) is 66.9 Å². The Morgan fingerprint density at radius 3 is 2.83 bits per heavy atom. The number of benzene rings is 2. The van der Waals surface area contributed by atoms with Gasteiger partial charge in [-0.25, -0.2) is 0 Å². The van der Waals surface area contributed by atoms with Gasteiger partial charge in [-0.05, 0) is 13.0 Å². The van der Waals surface area contributed by atoms with Gasteiger partial charge in [-0.1, -0.05) is 0 Å². The zero-order chi connectivity index (χ0) is 20.5. The molecule has 4 heteroatoms. The van der Waals surface area contributed by atoms with E-state index in [-0.39, 0.29) is 0 Å². The number of fused-ring (bicyclic) bond motifs is 1. The van der Waals surface area contributed by atoms with Gasteiger partial charge >= 0.3 is 155 Å². The van der Waals surface area contributed by atoms with E-state index in [0.717, 1.165) is 24.3 Å². The van der Waals surface area contributed by atoms with Crippen LogP contribution in [0, 0.1) is 13.8 Å². The average Bonchev–Trinajstić information content (AvgIpc) is 3.23. The van der Waals surface area contributed by atoms with Crippen LogP contribution in [0.4, 0.5) is 0 Å². The summed E-state index contributed by atoms with van der Waals surface area (Å²) in [5.74, 6) is 2.02. The van der Waals surface area contributed by atoms with E-state index >= 15 is 0 Å². The van der Waals surface area contributed by atoms with Crippen molar-refractivity contribution in [2.24, 2.45) is 0 Å². The van der Waals surface area contributed by atoms with E-state index in [4.69, 9.17) is 0 Å². The van der Waals surface area contributed by atoms with Crippen molar-refractivity contribution in [3.8, 4) is 11.1 Å². The van der Waals surface area contributed by atoms with Gasteiger partial charge < -0.3 is 0 Å². The number of pyridine rings is 1. The monoisotopic (exact) mass is 391 g/mol. The molecule has 1 aliphatic heterocycles. The third-order valence-corrected chi connectivity index (χ3v) is 6.41. The van der Waals surface area contributed by atoms with Gasteiger partial charge in [-0.2, -0.15) is 0 Å². The quantitative estimate of drug-likeness (QED) is 0.454. The van der Waals surface area contributed by atoms with Gasteiger partial charge in [0.2, 0.25) is 0 Å². The fourth-order valence-corrected chi connectivity index (χ4v) is 4.74. The predicted molar refractivity (Wildman–Crippen MR) is 125 cm³/mol. The molecule has 0 spiro atoms. The number of likely N-dealkylation sites (tertiary alicyclic amines) is 1. The summed E-state index contributed by atoms with van der Waals surface area (Å²) in [5.41, 5.74) is 8.79. The van der Waals surface area contributed by atoms with E-state index in [0.29, 0.717) is 6.04 Å². The number of hydrogen-bond acceptors (Lipinski definition) is 3. The molecule has 1 aliphatic rings. The molecule has 0 amide bonds. The maximum atomic E-state index is 4.47. The van der Waals surface area contributed by atoms with Gasteiger partial charge in [0.25, 0.3) is 0 Å². The second kappa shape index (κ2) is 8.12. The van der Waals surface area contributed by atoms with Crippen LogP contribution in [0.1, 0.15) is 41.3 Å². The molecule has 3 heterocycles. The Morgan fingerprint density at radius 1 is 1.03 bits per heavy atom. The summed E-state index contributed by atoms with van der Waals surface area (Å²) in [7, 11) is 0. The maximum absolute atomic E-state index is 4.47. The minimum atomic E-state index is 0.481. The first-order valence-electron chi connectivity index (χ1n) is 10.8. The van der Waals surface area contributed by atoms with Crippen molar-refractivity contribution >= 4 is 17.7 Å². The summed E-state index contributed by atoms with van der Waals surface area (Å²) in [6.45, 7) is 8.62. The average molecular weight is 391 g/mol. The summed E-state index contributed by atoms with van der Waals surface area (Å²) in [5, 5.41) is 1.23. The molecular formula is C26H26BN3. The van der Waals surface area contributed by atoms with Gasteiger partial charge in [-0.3, -0.25) is 4.98 Å². The number of aromatic nitrogens is 2. The molecule has 30 heavy (non-hydrogen) atoms. The first kappa shape index (κ1) is 19.1. The topological polar surface area (TPSA) is 29.0 Å². The van der Waals surface area contributed by atoms with Gasteiger partial charge in [0, 0.05) is 6.20 Å². The van der Waals surface area contributed by atoms with Crippen molar-refractivity contribution in [2.45, 2.75) is 39.3 Å². The zero-order valence-electron chi connectivity index (χ0n) is 17.7. The molecule has 2 aromatic carbocycles. The van der Waals surface area contributed by atoms with Crippen LogP contribution in [-0.2, 0) is 6.54 Å². The molecule has 0 saturated carbocycles. The molecule has 1 unspecified atom stereocenters. The Balaban J connectivity index is 1.40. The Hall–Kier alpha value is -2.85. The molecule has 2 aromatic heterocycles. The van der Waals surface area contributed by atoms with Gasteiger partial charge in [0.05, 0.1) is 0 Å². The molecule has 0 aliphatic carbocycles. The molecular weight excluding hydrogens is 365 g/mol. The van der Waals surface area contributed by atoms with Crippen molar-refractivity contribution in [1.29, 1.82) is 0 Å². The van der Waals surface area contributed by atoms with Crippen LogP contribution in [-0.4, -0.2) is 28.3 Å². The van der Waals surface area contributed by atoms with Crippen molar-refractivity contribution in [1.82, 2.24) is 14.9 Å². The normalized spacial score (nSPS) is 16.8. The second-order valence-corrected chi connectivity index (χ2v) is 8.36. The van der Waals surface area contributed by atoms with E-state index in [1.54, 1.807) is 0 Å². The summed E-state index contributed by atoms with van der Waals surface area (Å²) in [6, 6.07) is 18.3. The number of nitrogens with zero attached hydrogens (tertiary/aromatic N) is 3. The molecule has 0 N–H and O–H groups in total. The molecule has 0 radical (unpaired) electrons. The Labute approximate surface area is 179 Å². The Morgan fingerprint density at radius 2 is 1.97 bits per heavy atom. The van der Waals surface area contributed by atoms with Crippen LogP contribution in [0.2, 0.25) is 0 Å². The molecule has 4 aromatic rings. The second-order valence-electron chi connectivity index (χ2n) is 8.36. The first-order valence-corrected chi connectivity index (χ1v) is 10.8. The fourth-order valence-electron chi connectivity index (χ4n) is 4.74. The number of aryl methyl sites for hydroxylation is 2. The van der Waals surface area contributed by atoms with Crippen LogP contribution < -0.4 is 0 Å². The third-order valence-electron chi connectivity index (χ3n) is 6.41. The van der Waals surface area contributed by atoms with Crippen molar-refractivity contribution in [3.63, 3.8) is 0 Å². The summed E-state index contributed by atoms with van der Waals surface area (Å²) >= 11 is 0. The van der Waals surface area contributed by atoms with Crippen LogP contribution in [0.3, 0.4) is 0 Å². The standard InChI is InChI=1S/C26H26BN3/c1-18-15-20(23-5-3-12-28-19(23)2)7-8-22(18)17-30-14-4-6-26(30)21-9-10-25-24(16-21)27-11-13-29-25/h3,5,7-13,15-16,26H,4,6,14,17H2,1-2H3. The minimum absolute atomic E-state index is 0.481. The molecule has 3 nitrogen and oxygen atoms in total. The van der Waals surface area contributed by atoms with E-state index in [1.165, 1.54) is 45.9 Å². The van der Waals surface area contributed by atoms with Crippen molar-refractivity contribution in [2.75, 3.05) is 6.54 Å². The SMILES string of the molecule is Cc1cc(-c2cccnc2C)ccc1CN1CCCC1c1ccc2nccbc2c1. The van der Waals surface area contributed by atoms with E-state index in [9.17, 15) is 0 Å². The van der Waals surface area contributed by atoms with Crippen molar-refractivity contribution in [3.05, 3.63) is 89.3 Å². The Kier molecular flexibility index (Phi) is 5.18. The van der Waals surface area contributed by atoms with E-state index in [1.807, 2.05) is 24.4 Å². The van der Waals surface area contributed by atoms with E-state index < -0.39 is 0 Å². The van der Waals surface area contributed by atoms with E-state index in [2.05, 4.69) is 78.1 Å². The summed E-state index contributed by atoms with van der Waals surface area (Å²) in [4.78, 5) is 11.5. The van der Waals surface area contributed by atoms with Crippen LogP contribution in [0.25, 0.3) is 21.9 Å². The van der Waals surface area contributed by atoms with Gasteiger partial charge in [-0.15, -0.1) is 0 Å². The van der Waals surface area contributed by atoms with Gasteiger partial charge in [0.15, 0.2) is 0 Å². The number of hydrogen-bond donors (Lipinski definition) is 0. The third kappa shape index (κ3) is 3.68. The Bertz CT molecular complexity index is 1200. The van der Waals surface area contributed by atoms with Crippen LogP contribution >= 0.6 is 0 Å². The number of rotatable bonds is 4. The van der Waals surface area contributed by atoms with Crippen molar-refractivity contribution < 1.29 is 0 Å². The molecule has 1 fully saturated rings. The zero-order valence-corrected chi connectivity index (χ0v) is 17.7. The fraction of sp³-hybridized carbons (Fsp3) is 0.269. The molecule has 1 atom stereocenters. The molecule has 0 bridgehead atoms. The molecule has 5 rings (SSSR count). The molecule has 148 valence electrons. The van der Waals surface area contributed by atoms with Crippen LogP contribution in [0.5, 0.6) is 0 Å². The van der Waals surface area contributed by atoms with Gasteiger partial charge in [0.1, 0.15) is 0 Å². The molecule has 1 saturated heterocycles. The summed E-state index contributed by atoms with van der Waals surface area (Å²) < 4.78 is 0. The summed E-state index contributed by atoms with van der Waals surface area (Å²) in [6.07, 6.45) is 6.19. The first-order chi connectivity index (χ1) is 14.7.